The van der Waals surface area contributed by atoms with Crippen LogP contribution in [0, 0.1) is 0 Å². The maximum atomic E-state index is 12.5. The lowest BCUT2D eigenvalue weighted by atomic mass is 10.2. The molecule has 23 heavy (non-hydrogen) atoms. The molecule has 0 aliphatic carbocycles. The standard InChI is InChI=1S/C18H20BrNO2S/c19-14-6-1-2-8-16(14)22-12-4-10-18(21)20-11-3-7-15(20)17-9-5-13-23-17/h1-2,5-6,8-9,13,15H,3-4,7,10-12H2. The Morgan fingerprint density at radius 3 is 2.96 bits per heavy atom. The van der Waals surface area contributed by atoms with Gasteiger partial charge in [0.2, 0.25) is 5.91 Å². The van der Waals surface area contributed by atoms with Crippen molar-refractivity contribution in [2.24, 2.45) is 0 Å². The Kier molecular flexibility index (Phi) is 5.73. The number of likely N-dealkylation sites (tertiary alicyclic amines) is 1. The van der Waals surface area contributed by atoms with Gasteiger partial charge < -0.3 is 9.64 Å². The second kappa shape index (κ2) is 7.97. The number of benzene rings is 1. The average Bonchev–Trinajstić information content (AvgIpc) is 3.23. The van der Waals surface area contributed by atoms with Gasteiger partial charge in [-0.05, 0) is 58.8 Å². The van der Waals surface area contributed by atoms with E-state index in [1.54, 1.807) is 11.3 Å². The SMILES string of the molecule is O=C(CCCOc1ccccc1Br)N1CCCC1c1cccs1. The number of nitrogens with zero attached hydrogens (tertiary/aromatic N) is 1. The highest BCUT2D eigenvalue weighted by molar-refractivity contribution is 9.10. The first-order valence-corrected chi connectivity index (χ1v) is 9.63. The van der Waals surface area contributed by atoms with Gasteiger partial charge in [0.1, 0.15) is 5.75 Å². The molecule has 0 saturated carbocycles. The monoisotopic (exact) mass is 393 g/mol. The Balaban J connectivity index is 1.47. The van der Waals surface area contributed by atoms with Gasteiger partial charge in [0.05, 0.1) is 17.1 Å². The third kappa shape index (κ3) is 4.15. The maximum absolute atomic E-state index is 12.5. The number of ether oxygens (including phenoxy) is 1. The van der Waals surface area contributed by atoms with Crippen molar-refractivity contribution >= 4 is 33.2 Å². The van der Waals surface area contributed by atoms with Crippen LogP contribution in [-0.2, 0) is 4.79 Å². The molecule has 1 fully saturated rings. The molecule has 1 unspecified atom stereocenters. The lowest BCUT2D eigenvalue weighted by Crippen LogP contribution is -2.30. The molecule has 5 heteroatoms. The number of halogens is 1. The summed E-state index contributed by atoms with van der Waals surface area (Å²) in [7, 11) is 0. The zero-order valence-corrected chi connectivity index (χ0v) is 15.3. The number of hydrogen-bond acceptors (Lipinski definition) is 3. The second-order valence-electron chi connectivity index (χ2n) is 5.64. The van der Waals surface area contributed by atoms with Crippen molar-refractivity contribution in [3.63, 3.8) is 0 Å². The van der Waals surface area contributed by atoms with Gasteiger partial charge in [-0.3, -0.25) is 4.79 Å². The van der Waals surface area contributed by atoms with E-state index in [4.69, 9.17) is 4.74 Å². The van der Waals surface area contributed by atoms with Crippen LogP contribution in [-0.4, -0.2) is 24.0 Å². The van der Waals surface area contributed by atoms with Crippen molar-refractivity contribution in [3.8, 4) is 5.75 Å². The Labute approximate surface area is 149 Å². The summed E-state index contributed by atoms with van der Waals surface area (Å²) in [5, 5.41) is 2.09. The van der Waals surface area contributed by atoms with Gasteiger partial charge in [0, 0.05) is 17.8 Å². The molecular formula is C18H20BrNO2S. The molecule has 1 aliphatic heterocycles. The predicted molar refractivity (Wildman–Crippen MR) is 96.9 cm³/mol. The minimum absolute atomic E-state index is 0.247. The predicted octanol–water partition coefficient (Wildman–Crippen LogP) is 5.03. The van der Waals surface area contributed by atoms with Crippen LogP contribution in [0.3, 0.4) is 0 Å². The Hall–Kier alpha value is -1.33. The number of carbonyl (C=O) groups is 1. The third-order valence-corrected chi connectivity index (χ3v) is 5.70. The molecule has 2 aromatic rings. The minimum Gasteiger partial charge on any atom is -0.492 e. The summed E-state index contributed by atoms with van der Waals surface area (Å²) in [6, 6.07) is 12.3. The molecule has 0 spiro atoms. The van der Waals surface area contributed by atoms with E-state index in [1.165, 1.54) is 4.88 Å². The number of carbonyl (C=O) groups excluding carboxylic acids is 1. The molecule has 1 atom stereocenters. The van der Waals surface area contributed by atoms with Crippen LogP contribution in [0.2, 0.25) is 0 Å². The van der Waals surface area contributed by atoms with Crippen molar-refractivity contribution in [1.29, 1.82) is 0 Å². The molecule has 0 radical (unpaired) electrons. The molecule has 1 saturated heterocycles. The van der Waals surface area contributed by atoms with Crippen LogP contribution in [0.15, 0.2) is 46.3 Å². The number of hydrogen-bond donors (Lipinski definition) is 0. The lowest BCUT2D eigenvalue weighted by Gasteiger charge is -2.24. The maximum Gasteiger partial charge on any atom is 0.223 e. The summed E-state index contributed by atoms with van der Waals surface area (Å²) in [6.07, 6.45) is 3.47. The molecule has 1 amide bonds. The topological polar surface area (TPSA) is 29.5 Å². The van der Waals surface area contributed by atoms with Gasteiger partial charge in [-0.25, -0.2) is 0 Å². The van der Waals surface area contributed by atoms with Crippen LogP contribution in [0.25, 0.3) is 0 Å². The highest BCUT2D eigenvalue weighted by Crippen LogP contribution is 2.35. The number of para-hydroxylation sites is 1. The molecule has 0 N–H and O–H groups in total. The fourth-order valence-corrected chi connectivity index (χ4v) is 4.23. The largest absolute Gasteiger partial charge is 0.492 e. The van der Waals surface area contributed by atoms with E-state index < -0.39 is 0 Å². The summed E-state index contributed by atoms with van der Waals surface area (Å²) >= 11 is 5.21. The molecule has 0 bridgehead atoms. The number of thiophene rings is 1. The van der Waals surface area contributed by atoms with Gasteiger partial charge in [-0.2, -0.15) is 0 Å². The molecule has 122 valence electrons. The van der Waals surface area contributed by atoms with Gasteiger partial charge in [0.25, 0.3) is 0 Å². The summed E-state index contributed by atoms with van der Waals surface area (Å²) in [4.78, 5) is 15.8. The lowest BCUT2D eigenvalue weighted by molar-refractivity contribution is -0.132. The first-order valence-electron chi connectivity index (χ1n) is 7.96. The number of rotatable bonds is 6. The van der Waals surface area contributed by atoms with E-state index in [2.05, 4.69) is 33.4 Å². The van der Waals surface area contributed by atoms with E-state index in [0.717, 1.165) is 36.0 Å². The third-order valence-electron chi connectivity index (χ3n) is 4.07. The zero-order chi connectivity index (χ0) is 16.1. The van der Waals surface area contributed by atoms with Gasteiger partial charge in [0.15, 0.2) is 0 Å². The molecular weight excluding hydrogens is 374 g/mol. The van der Waals surface area contributed by atoms with Crippen LogP contribution >= 0.6 is 27.3 Å². The Morgan fingerprint density at radius 2 is 2.17 bits per heavy atom. The van der Waals surface area contributed by atoms with Crippen molar-refractivity contribution in [2.75, 3.05) is 13.2 Å². The minimum atomic E-state index is 0.247. The fraction of sp³-hybridized carbons (Fsp3) is 0.389. The van der Waals surface area contributed by atoms with Crippen molar-refractivity contribution in [3.05, 3.63) is 51.1 Å². The van der Waals surface area contributed by atoms with Crippen molar-refractivity contribution < 1.29 is 9.53 Å². The van der Waals surface area contributed by atoms with Crippen molar-refractivity contribution in [2.45, 2.75) is 31.7 Å². The molecule has 2 heterocycles. The van der Waals surface area contributed by atoms with Crippen molar-refractivity contribution in [1.82, 2.24) is 4.90 Å². The van der Waals surface area contributed by atoms with Crippen LogP contribution in [0.4, 0.5) is 0 Å². The fourth-order valence-electron chi connectivity index (χ4n) is 2.95. The molecule has 1 aromatic heterocycles. The molecule has 3 rings (SSSR count). The van der Waals surface area contributed by atoms with E-state index in [0.29, 0.717) is 13.0 Å². The average molecular weight is 394 g/mol. The molecule has 1 aromatic carbocycles. The Morgan fingerprint density at radius 1 is 1.30 bits per heavy atom. The van der Waals surface area contributed by atoms with Crippen LogP contribution in [0.1, 0.15) is 36.6 Å². The summed E-state index contributed by atoms with van der Waals surface area (Å²) in [6.45, 7) is 1.44. The van der Waals surface area contributed by atoms with E-state index in [9.17, 15) is 4.79 Å². The smallest absolute Gasteiger partial charge is 0.223 e. The zero-order valence-electron chi connectivity index (χ0n) is 12.9. The van der Waals surface area contributed by atoms with E-state index in [-0.39, 0.29) is 11.9 Å². The normalized spacial score (nSPS) is 17.4. The molecule has 3 nitrogen and oxygen atoms in total. The quantitative estimate of drug-likeness (QED) is 0.643. The highest BCUT2D eigenvalue weighted by Gasteiger charge is 2.29. The summed E-state index contributed by atoms with van der Waals surface area (Å²) in [5.41, 5.74) is 0. The summed E-state index contributed by atoms with van der Waals surface area (Å²) < 4.78 is 6.68. The first kappa shape index (κ1) is 16.5. The first-order chi connectivity index (χ1) is 11.3. The van der Waals surface area contributed by atoms with E-state index in [1.807, 2.05) is 29.2 Å². The van der Waals surface area contributed by atoms with E-state index >= 15 is 0 Å². The van der Waals surface area contributed by atoms with Gasteiger partial charge in [-0.15, -0.1) is 11.3 Å². The molecule has 1 aliphatic rings. The van der Waals surface area contributed by atoms with Gasteiger partial charge >= 0.3 is 0 Å². The van der Waals surface area contributed by atoms with Crippen LogP contribution in [0.5, 0.6) is 5.75 Å². The second-order valence-corrected chi connectivity index (χ2v) is 7.48. The number of amides is 1. The van der Waals surface area contributed by atoms with Crippen LogP contribution < -0.4 is 4.74 Å². The summed E-state index contributed by atoms with van der Waals surface area (Å²) in [5.74, 6) is 1.08. The van der Waals surface area contributed by atoms with Gasteiger partial charge in [-0.1, -0.05) is 18.2 Å². The Bertz CT molecular complexity index is 644. The highest BCUT2D eigenvalue weighted by atomic mass is 79.9.